The largest absolute Gasteiger partial charge is 0.464 e. The molecule has 0 atom stereocenters. The number of amides is 1. The number of hydrogen-bond donors (Lipinski definition) is 1. The van der Waals surface area contributed by atoms with Gasteiger partial charge in [0.25, 0.3) is 15.9 Å². The van der Waals surface area contributed by atoms with Gasteiger partial charge in [-0.25, -0.2) is 13.2 Å². The van der Waals surface area contributed by atoms with Gasteiger partial charge >= 0.3 is 5.97 Å². The van der Waals surface area contributed by atoms with E-state index in [0.29, 0.717) is 11.4 Å². The highest BCUT2D eigenvalue weighted by Crippen LogP contribution is 2.19. The Labute approximate surface area is 205 Å². The molecule has 3 aromatic rings. The molecule has 1 amide bonds. The van der Waals surface area contributed by atoms with Crippen molar-refractivity contribution in [3.63, 3.8) is 0 Å². The first-order chi connectivity index (χ1) is 16.7. The molecule has 1 aromatic heterocycles. The van der Waals surface area contributed by atoms with Gasteiger partial charge < -0.3 is 14.1 Å². The van der Waals surface area contributed by atoms with E-state index in [2.05, 4.69) is 11.6 Å². The van der Waals surface area contributed by atoms with Crippen molar-refractivity contribution in [2.24, 2.45) is 0 Å². The fraction of sp³-hybridized carbons (Fsp3) is 0.308. The molecule has 3 rings (SSSR count). The summed E-state index contributed by atoms with van der Waals surface area (Å²) >= 11 is 0. The third kappa shape index (κ3) is 7.45. The van der Waals surface area contributed by atoms with Crippen molar-refractivity contribution in [3.8, 4) is 0 Å². The predicted molar refractivity (Wildman–Crippen MR) is 133 cm³/mol. The van der Waals surface area contributed by atoms with E-state index in [4.69, 9.17) is 9.15 Å². The quantitative estimate of drug-likeness (QED) is 0.389. The first kappa shape index (κ1) is 26.0. The van der Waals surface area contributed by atoms with E-state index in [0.717, 1.165) is 30.6 Å². The smallest absolute Gasteiger partial charge is 0.338 e. The van der Waals surface area contributed by atoms with Crippen LogP contribution in [-0.4, -0.2) is 38.8 Å². The molecule has 2 aromatic carbocycles. The maximum atomic E-state index is 12.8. The van der Waals surface area contributed by atoms with Crippen LogP contribution in [0.3, 0.4) is 0 Å². The van der Waals surface area contributed by atoms with Crippen molar-refractivity contribution in [2.75, 3.05) is 18.4 Å². The van der Waals surface area contributed by atoms with Crippen LogP contribution < -0.4 is 4.72 Å². The summed E-state index contributed by atoms with van der Waals surface area (Å²) in [6, 6.07) is 16.3. The van der Waals surface area contributed by atoms with Crippen LogP contribution in [0.5, 0.6) is 0 Å². The Morgan fingerprint density at radius 2 is 1.80 bits per heavy atom. The predicted octanol–water partition coefficient (Wildman–Crippen LogP) is 4.55. The summed E-state index contributed by atoms with van der Waals surface area (Å²) in [4.78, 5) is 26.1. The maximum Gasteiger partial charge on any atom is 0.338 e. The summed E-state index contributed by atoms with van der Waals surface area (Å²) in [6.07, 6.45) is 3.09. The third-order valence-corrected chi connectivity index (χ3v) is 6.73. The molecule has 0 bridgehead atoms. The molecule has 0 saturated carbocycles. The third-order valence-electron chi connectivity index (χ3n) is 5.35. The summed E-state index contributed by atoms with van der Waals surface area (Å²) in [7, 11) is -2.35. The Bertz CT molecular complexity index is 1270. The van der Waals surface area contributed by atoms with Crippen molar-refractivity contribution >= 4 is 27.6 Å². The van der Waals surface area contributed by atoms with Crippen molar-refractivity contribution in [2.45, 2.75) is 44.6 Å². The molecule has 8 nitrogen and oxygen atoms in total. The Morgan fingerprint density at radius 3 is 2.46 bits per heavy atom. The average Bonchev–Trinajstić information content (AvgIpc) is 3.26. The van der Waals surface area contributed by atoms with Gasteiger partial charge in [0.15, 0.2) is 6.61 Å². The molecule has 186 valence electrons. The number of ether oxygens (including phenoxy) is 1. The molecular weight excluding hydrogens is 468 g/mol. The minimum absolute atomic E-state index is 0.0277. The summed E-state index contributed by atoms with van der Waals surface area (Å²) < 4.78 is 38.7. The van der Waals surface area contributed by atoms with Crippen molar-refractivity contribution in [1.29, 1.82) is 0 Å². The van der Waals surface area contributed by atoms with Gasteiger partial charge in [0.2, 0.25) is 0 Å². The lowest BCUT2D eigenvalue weighted by atomic mass is 10.1. The number of hydrogen-bond acceptors (Lipinski definition) is 6. The number of rotatable bonds is 11. The molecule has 0 radical (unpaired) electrons. The van der Waals surface area contributed by atoms with Crippen LogP contribution in [0, 0.1) is 6.92 Å². The number of furan rings is 1. The number of benzene rings is 2. The molecule has 0 fully saturated rings. The average molecular weight is 499 g/mol. The number of aryl methyl sites for hydroxylation is 2. The van der Waals surface area contributed by atoms with E-state index < -0.39 is 28.5 Å². The van der Waals surface area contributed by atoms with E-state index in [1.165, 1.54) is 29.2 Å². The van der Waals surface area contributed by atoms with Crippen molar-refractivity contribution in [3.05, 3.63) is 83.3 Å². The molecule has 1 N–H and O–H groups in total. The fourth-order valence-corrected chi connectivity index (χ4v) is 4.44. The zero-order valence-corrected chi connectivity index (χ0v) is 20.9. The molecule has 0 unspecified atom stereocenters. The van der Waals surface area contributed by atoms with E-state index in [1.807, 2.05) is 12.1 Å². The molecule has 0 aliphatic heterocycles. The highest BCUT2D eigenvalue weighted by Gasteiger charge is 2.19. The number of sulfonamides is 1. The van der Waals surface area contributed by atoms with E-state index in [9.17, 15) is 18.0 Å². The highest BCUT2D eigenvalue weighted by atomic mass is 32.2. The number of nitrogens with zero attached hydrogens (tertiary/aromatic N) is 1. The molecule has 0 spiro atoms. The number of nitrogens with one attached hydrogen (secondary N) is 1. The summed E-state index contributed by atoms with van der Waals surface area (Å²) in [6.45, 7) is 3.69. The second-order valence-corrected chi connectivity index (χ2v) is 9.95. The Kier molecular flexibility index (Phi) is 8.70. The Balaban J connectivity index is 1.59. The standard InChI is InChI=1S/C26H30N2O6S/c1-4-5-7-20-11-13-22(14-12-20)27-35(31,32)24-9-6-8-21(16-24)26(30)33-18-25(29)28(3)17-23-15-10-19(2)34-23/h6,8-16,27H,4-5,7,17-18H2,1-3H3. The Morgan fingerprint density at radius 1 is 1.06 bits per heavy atom. The van der Waals surface area contributed by atoms with Gasteiger partial charge in [-0.2, -0.15) is 0 Å². The number of anilines is 1. The van der Waals surface area contributed by atoms with Gasteiger partial charge in [-0.1, -0.05) is 31.5 Å². The monoisotopic (exact) mass is 498 g/mol. The van der Waals surface area contributed by atoms with Crippen LogP contribution in [0.4, 0.5) is 5.69 Å². The van der Waals surface area contributed by atoms with E-state index in [-0.39, 0.29) is 17.0 Å². The van der Waals surface area contributed by atoms with Crippen LogP contribution >= 0.6 is 0 Å². The SMILES string of the molecule is CCCCc1ccc(NS(=O)(=O)c2cccc(C(=O)OCC(=O)N(C)Cc3ccc(C)o3)c2)cc1. The van der Waals surface area contributed by atoms with Crippen molar-refractivity contribution in [1.82, 2.24) is 4.90 Å². The van der Waals surface area contributed by atoms with Gasteiger partial charge in [-0.15, -0.1) is 0 Å². The molecule has 1 heterocycles. The summed E-state index contributed by atoms with van der Waals surface area (Å²) in [5, 5.41) is 0. The highest BCUT2D eigenvalue weighted by molar-refractivity contribution is 7.92. The van der Waals surface area contributed by atoms with Crippen molar-refractivity contribution < 1.29 is 27.2 Å². The topological polar surface area (TPSA) is 106 Å². The second kappa shape index (κ2) is 11.7. The van der Waals surface area contributed by atoms with Crippen LogP contribution in [0.1, 0.15) is 47.2 Å². The number of unbranched alkanes of at least 4 members (excludes halogenated alkanes) is 1. The first-order valence-electron chi connectivity index (χ1n) is 11.4. The number of likely N-dealkylation sites (N-methyl/N-ethyl adjacent to an activating group) is 1. The van der Waals surface area contributed by atoms with Crippen LogP contribution in [-0.2, 0) is 32.5 Å². The molecule has 0 aliphatic rings. The Hall–Kier alpha value is -3.59. The minimum Gasteiger partial charge on any atom is -0.464 e. The second-order valence-electron chi connectivity index (χ2n) is 8.27. The zero-order valence-electron chi connectivity index (χ0n) is 20.1. The first-order valence-corrected chi connectivity index (χ1v) is 12.8. The molecule has 9 heteroatoms. The molecule has 35 heavy (non-hydrogen) atoms. The summed E-state index contributed by atoms with van der Waals surface area (Å²) in [5.41, 5.74) is 1.59. The summed E-state index contributed by atoms with van der Waals surface area (Å²) in [5.74, 6) is 0.143. The number of carbonyl (C=O) groups excluding carboxylic acids is 2. The van der Waals surface area contributed by atoms with Gasteiger partial charge in [-0.05, 0) is 67.8 Å². The molecule has 0 saturated heterocycles. The van der Waals surface area contributed by atoms with Gasteiger partial charge in [0, 0.05) is 12.7 Å². The van der Waals surface area contributed by atoms with E-state index >= 15 is 0 Å². The van der Waals surface area contributed by atoms with Crippen LogP contribution in [0.15, 0.2) is 70.0 Å². The van der Waals surface area contributed by atoms with Gasteiger partial charge in [-0.3, -0.25) is 9.52 Å². The molecule has 0 aliphatic carbocycles. The maximum absolute atomic E-state index is 12.8. The van der Waals surface area contributed by atoms with Gasteiger partial charge in [0.1, 0.15) is 11.5 Å². The van der Waals surface area contributed by atoms with Crippen LogP contribution in [0.2, 0.25) is 0 Å². The van der Waals surface area contributed by atoms with Gasteiger partial charge in [0.05, 0.1) is 17.0 Å². The lowest BCUT2D eigenvalue weighted by Gasteiger charge is -2.15. The lowest BCUT2D eigenvalue weighted by Crippen LogP contribution is -2.30. The van der Waals surface area contributed by atoms with E-state index in [1.54, 1.807) is 38.2 Å². The fourth-order valence-electron chi connectivity index (χ4n) is 3.34. The number of esters is 1. The lowest BCUT2D eigenvalue weighted by molar-refractivity contribution is -0.134. The molecular formula is C26H30N2O6S. The number of carbonyl (C=O) groups is 2. The minimum atomic E-state index is -3.92. The normalized spacial score (nSPS) is 11.2. The van der Waals surface area contributed by atoms with Crippen LogP contribution in [0.25, 0.3) is 0 Å². The zero-order chi connectivity index (χ0) is 25.4.